The summed E-state index contributed by atoms with van der Waals surface area (Å²) in [4.78, 5) is 37.9. The molecule has 0 saturated heterocycles. The third-order valence-electron chi connectivity index (χ3n) is 4.42. The van der Waals surface area contributed by atoms with Gasteiger partial charge in [0.15, 0.2) is 6.10 Å². The number of para-hydroxylation sites is 1. The molecule has 3 rings (SSSR count). The third-order valence-corrected chi connectivity index (χ3v) is 5.29. The van der Waals surface area contributed by atoms with Gasteiger partial charge in [-0.25, -0.2) is 4.79 Å². The number of ether oxygens (including phenoxy) is 1. The summed E-state index contributed by atoms with van der Waals surface area (Å²) in [6.07, 6.45) is -0.102. The standard InChI is InChI=1S/C23H22N2O4S/c1-3-16-10-12-17(13-11-16)24-21(26)15(2)29-23(28)18-7-4-5-8-19(18)25-22(27)20-9-6-14-30-20/h4-15H,3H2,1-2H3,(H,24,26)(H,25,27)/t15-/m1/s1. The van der Waals surface area contributed by atoms with Crippen LogP contribution >= 0.6 is 11.3 Å². The Bertz CT molecular complexity index is 1030. The van der Waals surface area contributed by atoms with Gasteiger partial charge in [0.05, 0.1) is 16.1 Å². The molecule has 1 heterocycles. The van der Waals surface area contributed by atoms with E-state index in [1.54, 1.807) is 53.9 Å². The highest BCUT2D eigenvalue weighted by molar-refractivity contribution is 7.12. The minimum atomic E-state index is -1.01. The van der Waals surface area contributed by atoms with Crippen molar-refractivity contribution in [1.29, 1.82) is 0 Å². The molecule has 2 aromatic carbocycles. The first kappa shape index (κ1) is 21.3. The van der Waals surface area contributed by atoms with Gasteiger partial charge in [0.25, 0.3) is 11.8 Å². The lowest BCUT2D eigenvalue weighted by Gasteiger charge is -2.15. The van der Waals surface area contributed by atoms with E-state index in [4.69, 9.17) is 4.74 Å². The molecule has 0 bridgehead atoms. The van der Waals surface area contributed by atoms with E-state index in [-0.39, 0.29) is 11.5 Å². The van der Waals surface area contributed by atoms with Gasteiger partial charge in [0.1, 0.15) is 0 Å². The van der Waals surface area contributed by atoms with E-state index in [9.17, 15) is 14.4 Å². The number of hydrogen-bond donors (Lipinski definition) is 2. The van der Waals surface area contributed by atoms with Crippen LogP contribution in [-0.2, 0) is 16.0 Å². The number of aryl methyl sites for hydroxylation is 1. The van der Waals surface area contributed by atoms with E-state index in [1.807, 2.05) is 12.1 Å². The Balaban J connectivity index is 1.64. The maximum absolute atomic E-state index is 12.6. The van der Waals surface area contributed by atoms with Crippen LogP contribution in [0.1, 0.15) is 39.4 Å². The first-order valence-corrected chi connectivity index (χ1v) is 10.4. The summed E-state index contributed by atoms with van der Waals surface area (Å²) in [6.45, 7) is 3.55. The largest absolute Gasteiger partial charge is 0.449 e. The number of benzene rings is 2. The van der Waals surface area contributed by atoms with Gasteiger partial charge in [-0.15, -0.1) is 11.3 Å². The molecule has 6 nitrogen and oxygen atoms in total. The number of carbonyl (C=O) groups is 3. The van der Waals surface area contributed by atoms with Crippen LogP contribution in [-0.4, -0.2) is 23.9 Å². The molecule has 0 aliphatic carbocycles. The van der Waals surface area contributed by atoms with Gasteiger partial charge >= 0.3 is 5.97 Å². The van der Waals surface area contributed by atoms with Crippen LogP contribution < -0.4 is 10.6 Å². The molecule has 2 N–H and O–H groups in total. The van der Waals surface area contributed by atoms with E-state index >= 15 is 0 Å². The van der Waals surface area contributed by atoms with Crippen molar-refractivity contribution in [2.75, 3.05) is 10.6 Å². The summed E-state index contributed by atoms with van der Waals surface area (Å²) < 4.78 is 5.33. The SMILES string of the molecule is CCc1ccc(NC(=O)[C@@H](C)OC(=O)c2ccccc2NC(=O)c2cccs2)cc1. The minimum Gasteiger partial charge on any atom is -0.449 e. The third kappa shape index (κ3) is 5.33. The quantitative estimate of drug-likeness (QED) is 0.538. The number of anilines is 2. The molecular weight excluding hydrogens is 400 g/mol. The molecule has 2 amide bonds. The van der Waals surface area contributed by atoms with Crippen molar-refractivity contribution in [3.63, 3.8) is 0 Å². The summed E-state index contributed by atoms with van der Waals surface area (Å²) in [7, 11) is 0. The second-order valence-electron chi connectivity index (χ2n) is 6.56. The van der Waals surface area contributed by atoms with Gasteiger partial charge in [0.2, 0.25) is 0 Å². The molecule has 0 radical (unpaired) electrons. The Kier molecular flexibility index (Phi) is 6.98. The Morgan fingerprint density at radius 3 is 2.37 bits per heavy atom. The van der Waals surface area contributed by atoms with Gasteiger partial charge in [0, 0.05) is 5.69 Å². The zero-order valence-corrected chi connectivity index (χ0v) is 17.5. The van der Waals surface area contributed by atoms with Crippen LogP contribution in [0.4, 0.5) is 11.4 Å². The smallest absolute Gasteiger partial charge is 0.341 e. The molecule has 3 aromatic rings. The zero-order valence-electron chi connectivity index (χ0n) is 16.7. The molecule has 0 unspecified atom stereocenters. The summed E-state index contributed by atoms with van der Waals surface area (Å²) in [5.41, 5.74) is 2.29. The van der Waals surface area contributed by atoms with Gasteiger partial charge in [-0.1, -0.05) is 37.3 Å². The van der Waals surface area contributed by atoms with E-state index < -0.39 is 18.0 Å². The van der Waals surface area contributed by atoms with Crippen LogP contribution in [0.25, 0.3) is 0 Å². The Hall–Kier alpha value is -3.45. The van der Waals surface area contributed by atoms with Gasteiger partial charge in [-0.2, -0.15) is 0 Å². The lowest BCUT2D eigenvalue weighted by molar-refractivity contribution is -0.123. The predicted molar refractivity (Wildman–Crippen MR) is 118 cm³/mol. The highest BCUT2D eigenvalue weighted by Gasteiger charge is 2.22. The number of carbonyl (C=O) groups excluding carboxylic acids is 3. The molecule has 7 heteroatoms. The monoisotopic (exact) mass is 422 g/mol. The minimum absolute atomic E-state index is 0.175. The van der Waals surface area contributed by atoms with Gasteiger partial charge in [-0.05, 0) is 54.6 Å². The number of esters is 1. The molecule has 1 atom stereocenters. The normalized spacial score (nSPS) is 11.4. The van der Waals surface area contributed by atoms with Crippen molar-refractivity contribution in [3.8, 4) is 0 Å². The highest BCUT2D eigenvalue weighted by Crippen LogP contribution is 2.20. The first-order valence-electron chi connectivity index (χ1n) is 9.52. The second kappa shape index (κ2) is 9.84. The summed E-state index contributed by atoms with van der Waals surface area (Å²) >= 11 is 1.30. The van der Waals surface area contributed by atoms with Gasteiger partial charge < -0.3 is 15.4 Å². The average Bonchev–Trinajstić information content (AvgIpc) is 3.29. The molecule has 154 valence electrons. The van der Waals surface area contributed by atoms with E-state index in [1.165, 1.54) is 18.3 Å². The molecule has 1 aromatic heterocycles. The predicted octanol–water partition coefficient (Wildman–Crippen LogP) is 4.75. The van der Waals surface area contributed by atoms with Crippen molar-refractivity contribution >= 4 is 40.5 Å². The molecule has 0 spiro atoms. The summed E-state index contributed by atoms with van der Waals surface area (Å²) in [6, 6.07) is 17.5. The molecule has 0 aliphatic rings. The fourth-order valence-corrected chi connectivity index (χ4v) is 3.33. The van der Waals surface area contributed by atoms with Crippen molar-refractivity contribution in [2.24, 2.45) is 0 Å². The maximum atomic E-state index is 12.6. The van der Waals surface area contributed by atoms with Crippen molar-refractivity contribution in [1.82, 2.24) is 0 Å². The number of thiophene rings is 1. The van der Waals surface area contributed by atoms with Crippen LogP contribution in [0.3, 0.4) is 0 Å². The van der Waals surface area contributed by atoms with Crippen LogP contribution in [0.2, 0.25) is 0 Å². The zero-order chi connectivity index (χ0) is 21.5. The molecule has 30 heavy (non-hydrogen) atoms. The van der Waals surface area contributed by atoms with Crippen molar-refractivity contribution < 1.29 is 19.1 Å². The second-order valence-corrected chi connectivity index (χ2v) is 7.51. The molecular formula is C23H22N2O4S. The fraction of sp³-hybridized carbons (Fsp3) is 0.174. The topological polar surface area (TPSA) is 84.5 Å². The molecule has 0 saturated carbocycles. The highest BCUT2D eigenvalue weighted by atomic mass is 32.1. The fourth-order valence-electron chi connectivity index (χ4n) is 2.71. The van der Waals surface area contributed by atoms with E-state index in [0.29, 0.717) is 16.3 Å². The number of rotatable bonds is 7. The lowest BCUT2D eigenvalue weighted by Crippen LogP contribution is -2.30. The molecule has 0 fully saturated rings. The van der Waals surface area contributed by atoms with Crippen LogP contribution in [0, 0.1) is 0 Å². The van der Waals surface area contributed by atoms with Crippen molar-refractivity contribution in [3.05, 3.63) is 82.0 Å². The summed E-state index contributed by atoms with van der Waals surface area (Å²) in [5.74, 6) is -1.44. The van der Waals surface area contributed by atoms with Crippen LogP contribution in [0.5, 0.6) is 0 Å². The van der Waals surface area contributed by atoms with E-state index in [2.05, 4.69) is 17.6 Å². The Morgan fingerprint density at radius 1 is 0.967 bits per heavy atom. The summed E-state index contributed by atoms with van der Waals surface area (Å²) in [5, 5.41) is 7.24. The number of nitrogens with one attached hydrogen (secondary N) is 2. The Morgan fingerprint density at radius 2 is 1.70 bits per heavy atom. The lowest BCUT2D eigenvalue weighted by atomic mass is 10.1. The van der Waals surface area contributed by atoms with Crippen molar-refractivity contribution in [2.45, 2.75) is 26.4 Å². The van der Waals surface area contributed by atoms with Gasteiger partial charge in [-0.3, -0.25) is 9.59 Å². The average molecular weight is 423 g/mol. The Labute approximate surface area is 178 Å². The maximum Gasteiger partial charge on any atom is 0.341 e. The van der Waals surface area contributed by atoms with Crippen LogP contribution in [0.15, 0.2) is 66.0 Å². The number of hydrogen-bond acceptors (Lipinski definition) is 5. The molecule has 0 aliphatic heterocycles. The first-order chi connectivity index (χ1) is 14.5. The number of amides is 2. The van der Waals surface area contributed by atoms with E-state index in [0.717, 1.165) is 12.0 Å².